The fourth-order valence-electron chi connectivity index (χ4n) is 3.63. The molecule has 0 aliphatic carbocycles. The summed E-state index contributed by atoms with van der Waals surface area (Å²) in [4.78, 5) is 9.35. The van der Waals surface area contributed by atoms with Gasteiger partial charge in [-0.25, -0.2) is 0 Å². The van der Waals surface area contributed by atoms with Crippen LogP contribution in [0.3, 0.4) is 0 Å². The molecule has 1 saturated heterocycles. The lowest BCUT2D eigenvalue weighted by atomic mass is 10.1. The quantitative estimate of drug-likeness (QED) is 0.476. The van der Waals surface area contributed by atoms with Gasteiger partial charge in [-0.15, -0.1) is 0 Å². The molecule has 6 heteroatoms. The molecule has 0 aromatic heterocycles. The third-order valence-corrected chi connectivity index (χ3v) is 5.87. The molecule has 6 nitrogen and oxygen atoms in total. The van der Waals surface area contributed by atoms with Crippen molar-refractivity contribution < 1.29 is 4.74 Å². The van der Waals surface area contributed by atoms with Crippen molar-refractivity contribution in [3.63, 3.8) is 0 Å². The number of guanidine groups is 1. The number of nitrogens with one attached hydrogen (secondary N) is 2. The second-order valence-corrected chi connectivity index (χ2v) is 7.65. The first-order valence-electron chi connectivity index (χ1n) is 10.6. The van der Waals surface area contributed by atoms with Gasteiger partial charge in [0.05, 0.1) is 13.2 Å². The molecule has 2 N–H and O–H groups in total. The first kappa shape index (κ1) is 22.5. The summed E-state index contributed by atoms with van der Waals surface area (Å²) in [6.07, 6.45) is 3.73. The van der Waals surface area contributed by atoms with Gasteiger partial charge in [0.15, 0.2) is 5.96 Å². The zero-order valence-corrected chi connectivity index (χ0v) is 18.4. The maximum Gasteiger partial charge on any atom is 0.191 e. The Labute approximate surface area is 171 Å². The highest BCUT2D eigenvalue weighted by atomic mass is 16.5. The summed E-state index contributed by atoms with van der Waals surface area (Å²) < 4.78 is 5.32. The maximum atomic E-state index is 5.32. The minimum absolute atomic E-state index is 0.342. The van der Waals surface area contributed by atoms with Gasteiger partial charge in [0.25, 0.3) is 0 Å². The van der Waals surface area contributed by atoms with Crippen molar-refractivity contribution in [2.45, 2.75) is 45.2 Å². The lowest BCUT2D eigenvalue weighted by Gasteiger charge is -2.29. The molecule has 0 saturated carbocycles. The lowest BCUT2D eigenvalue weighted by Crippen LogP contribution is -2.45. The van der Waals surface area contributed by atoms with Gasteiger partial charge in [0.1, 0.15) is 5.75 Å². The number of likely N-dealkylation sites (tertiary alicyclic amines) is 1. The fourth-order valence-corrected chi connectivity index (χ4v) is 3.63. The first-order valence-corrected chi connectivity index (χ1v) is 10.6. The van der Waals surface area contributed by atoms with Crippen molar-refractivity contribution >= 4 is 5.96 Å². The van der Waals surface area contributed by atoms with Crippen LogP contribution in [-0.4, -0.2) is 75.7 Å². The van der Waals surface area contributed by atoms with Crippen molar-refractivity contribution in [3.8, 4) is 5.75 Å². The van der Waals surface area contributed by atoms with E-state index in [0.717, 1.165) is 44.4 Å². The van der Waals surface area contributed by atoms with Crippen molar-refractivity contribution in [2.24, 2.45) is 4.99 Å². The Morgan fingerprint density at radius 2 is 1.89 bits per heavy atom. The largest absolute Gasteiger partial charge is 0.497 e. The second-order valence-electron chi connectivity index (χ2n) is 7.65. The molecule has 1 aromatic carbocycles. The summed E-state index contributed by atoms with van der Waals surface area (Å²) >= 11 is 0. The van der Waals surface area contributed by atoms with Crippen molar-refractivity contribution in [1.29, 1.82) is 0 Å². The number of rotatable bonds is 10. The first-order chi connectivity index (χ1) is 13.6. The van der Waals surface area contributed by atoms with E-state index in [-0.39, 0.29) is 0 Å². The van der Waals surface area contributed by atoms with Crippen LogP contribution in [0.15, 0.2) is 29.3 Å². The van der Waals surface area contributed by atoms with E-state index >= 15 is 0 Å². The molecule has 2 rings (SSSR count). The van der Waals surface area contributed by atoms with E-state index in [0.29, 0.717) is 12.1 Å². The third kappa shape index (κ3) is 6.67. The van der Waals surface area contributed by atoms with E-state index in [1.54, 1.807) is 7.11 Å². The number of ether oxygens (including phenoxy) is 1. The Hall–Kier alpha value is -1.79. The number of benzene rings is 1. The molecule has 0 spiro atoms. The van der Waals surface area contributed by atoms with E-state index in [9.17, 15) is 0 Å². The summed E-state index contributed by atoms with van der Waals surface area (Å²) in [5.74, 6) is 1.77. The Bertz CT molecular complexity index is 583. The molecule has 1 fully saturated rings. The lowest BCUT2D eigenvalue weighted by molar-refractivity contribution is 0.244. The average molecular weight is 390 g/mol. The minimum atomic E-state index is 0.342. The molecule has 1 aromatic rings. The van der Waals surface area contributed by atoms with Crippen LogP contribution in [0.1, 0.15) is 44.7 Å². The van der Waals surface area contributed by atoms with E-state index in [1.165, 1.54) is 24.8 Å². The molecular formula is C22H39N5O. The van der Waals surface area contributed by atoms with Crippen molar-refractivity contribution in [1.82, 2.24) is 20.4 Å². The molecule has 2 atom stereocenters. The molecule has 0 bridgehead atoms. The maximum absolute atomic E-state index is 5.32. The normalized spacial score (nSPS) is 17.6. The average Bonchev–Trinajstić information content (AvgIpc) is 3.26. The highest BCUT2D eigenvalue weighted by Crippen LogP contribution is 2.26. The monoisotopic (exact) mass is 389 g/mol. The van der Waals surface area contributed by atoms with Gasteiger partial charge >= 0.3 is 0 Å². The zero-order chi connectivity index (χ0) is 20.4. The number of hydrogen-bond acceptors (Lipinski definition) is 4. The highest BCUT2D eigenvalue weighted by Gasteiger charge is 2.23. The topological polar surface area (TPSA) is 52.1 Å². The third-order valence-electron chi connectivity index (χ3n) is 5.87. The molecule has 28 heavy (non-hydrogen) atoms. The Morgan fingerprint density at radius 3 is 2.46 bits per heavy atom. The SMILES string of the molecule is CCC(C)N(C)CCNC(=NC)NCC(c1ccc(OC)cc1)N1CCCC1. The number of likely N-dealkylation sites (N-methyl/N-ethyl adjacent to an activating group) is 1. The van der Waals surface area contributed by atoms with E-state index in [4.69, 9.17) is 4.74 Å². The predicted molar refractivity (Wildman–Crippen MR) is 118 cm³/mol. The zero-order valence-electron chi connectivity index (χ0n) is 18.4. The summed E-state index contributed by atoms with van der Waals surface area (Å²) in [5, 5.41) is 6.99. The second kappa shape index (κ2) is 11.9. The van der Waals surface area contributed by atoms with Crippen LogP contribution in [0, 0.1) is 0 Å². The van der Waals surface area contributed by atoms with Crippen LogP contribution in [0.4, 0.5) is 0 Å². The van der Waals surface area contributed by atoms with Crippen molar-refractivity contribution in [3.05, 3.63) is 29.8 Å². The van der Waals surface area contributed by atoms with Gasteiger partial charge in [0, 0.05) is 32.7 Å². The molecule has 1 aliphatic heterocycles. The van der Waals surface area contributed by atoms with Crippen LogP contribution in [0.5, 0.6) is 5.75 Å². The molecule has 158 valence electrons. The van der Waals surface area contributed by atoms with Gasteiger partial charge in [0.2, 0.25) is 0 Å². The van der Waals surface area contributed by atoms with Gasteiger partial charge < -0.3 is 20.3 Å². The van der Waals surface area contributed by atoms with Gasteiger partial charge in [-0.3, -0.25) is 9.89 Å². The summed E-state index contributed by atoms with van der Waals surface area (Å²) in [7, 11) is 5.73. The number of methoxy groups -OCH3 is 1. The predicted octanol–water partition coefficient (Wildman–Crippen LogP) is 2.73. The standard InChI is InChI=1S/C22H39N5O/c1-6-18(2)26(4)16-13-24-22(23-3)25-17-21(27-14-7-8-15-27)19-9-11-20(28-5)12-10-19/h9-12,18,21H,6-8,13-17H2,1-5H3,(H2,23,24,25). The Kier molecular flexibility index (Phi) is 9.58. The van der Waals surface area contributed by atoms with Gasteiger partial charge in [-0.1, -0.05) is 19.1 Å². The van der Waals surface area contributed by atoms with Crippen LogP contribution in [0.25, 0.3) is 0 Å². The summed E-state index contributed by atoms with van der Waals surface area (Å²) in [6.45, 7) is 9.54. The van der Waals surface area contributed by atoms with Gasteiger partial charge in [-0.05, 0) is 64.0 Å². The molecule has 0 amide bonds. The molecular weight excluding hydrogens is 350 g/mol. The van der Waals surface area contributed by atoms with E-state index in [1.807, 2.05) is 7.05 Å². The minimum Gasteiger partial charge on any atom is -0.497 e. The highest BCUT2D eigenvalue weighted by molar-refractivity contribution is 5.79. The van der Waals surface area contributed by atoms with Crippen LogP contribution < -0.4 is 15.4 Å². The number of aliphatic imine (C=N–C) groups is 1. The van der Waals surface area contributed by atoms with Crippen LogP contribution in [-0.2, 0) is 0 Å². The summed E-state index contributed by atoms with van der Waals surface area (Å²) in [5.41, 5.74) is 1.32. The Morgan fingerprint density at radius 1 is 1.21 bits per heavy atom. The molecule has 1 heterocycles. The van der Waals surface area contributed by atoms with E-state index < -0.39 is 0 Å². The van der Waals surface area contributed by atoms with Crippen molar-refractivity contribution in [2.75, 3.05) is 53.9 Å². The molecule has 0 radical (unpaired) electrons. The van der Waals surface area contributed by atoms with E-state index in [2.05, 4.69) is 70.6 Å². The smallest absolute Gasteiger partial charge is 0.191 e. The number of hydrogen-bond donors (Lipinski definition) is 2. The fraction of sp³-hybridized carbons (Fsp3) is 0.682. The van der Waals surface area contributed by atoms with Crippen LogP contribution >= 0.6 is 0 Å². The molecule has 2 unspecified atom stereocenters. The number of nitrogens with zero attached hydrogens (tertiary/aromatic N) is 3. The van der Waals surface area contributed by atoms with Crippen LogP contribution in [0.2, 0.25) is 0 Å². The Balaban J connectivity index is 1.91. The molecule has 1 aliphatic rings. The van der Waals surface area contributed by atoms with Gasteiger partial charge in [-0.2, -0.15) is 0 Å². The summed E-state index contributed by atoms with van der Waals surface area (Å²) in [6, 6.07) is 9.41.